The monoisotopic (exact) mass is 317 g/mol. The third-order valence-corrected chi connectivity index (χ3v) is 4.47. The number of amidine groups is 1. The van der Waals surface area contributed by atoms with Crippen molar-refractivity contribution in [2.75, 3.05) is 20.1 Å². The predicted molar refractivity (Wildman–Crippen MR) is 86.5 cm³/mol. The van der Waals surface area contributed by atoms with Crippen LogP contribution in [-0.4, -0.2) is 81.1 Å². The topological polar surface area (TPSA) is 71.6 Å². The summed E-state index contributed by atoms with van der Waals surface area (Å²) in [4.78, 5) is 32.5. The lowest BCUT2D eigenvalue weighted by Gasteiger charge is -2.35. The van der Waals surface area contributed by atoms with E-state index in [1.54, 1.807) is 18.1 Å². The van der Waals surface area contributed by atoms with E-state index in [0.717, 1.165) is 5.71 Å². The third kappa shape index (κ3) is 2.01. The van der Waals surface area contributed by atoms with Crippen LogP contribution in [0.5, 0.6) is 0 Å². The summed E-state index contributed by atoms with van der Waals surface area (Å²) in [5.74, 6) is 0.823. The molecule has 0 aromatic rings. The Labute approximate surface area is 135 Å². The van der Waals surface area contributed by atoms with Gasteiger partial charge in [0.05, 0.1) is 12.3 Å². The molecular weight excluding hydrogens is 296 g/mol. The Hall–Kier alpha value is -2.51. The van der Waals surface area contributed by atoms with Crippen LogP contribution in [-0.2, 0) is 4.79 Å². The molecule has 0 radical (unpaired) electrons. The van der Waals surface area contributed by atoms with Crippen molar-refractivity contribution in [1.82, 2.24) is 14.8 Å². The van der Waals surface area contributed by atoms with E-state index in [-0.39, 0.29) is 24.5 Å². The second-order valence-electron chi connectivity index (χ2n) is 5.79. The minimum Gasteiger partial charge on any atom is -0.270 e. The average molecular weight is 317 g/mol. The summed E-state index contributed by atoms with van der Waals surface area (Å²) in [6, 6.07) is -1.03. The number of guanidine groups is 1. The Morgan fingerprint density at radius 3 is 2.70 bits per heavy atom. The summed E-state index contributed by atoms with van der Waals surface area (Å²) in [6.45, 7) is 10.4. The molecule has 122 valence electrons. The zero-order valence-corrected chi connectivity index (χ0v) is 13.9. The van der Waals surface area contributed by atoms with E-state index in [2.05, 4.69) is 16.7 Å². The van der Waals surface area contributed by atoms with Gasteiger partial charge < -0.3 is 0 Å². The largest absolute Gasteiger partial charge is 0.416 e. The molecule has 3 rings (SSSR count). The predicted octanol–water partition coefficient (Wildman–Crippen LogP) is 0.316. The van der Waals surface area contributed by atoms with Crippen molar-refractivity contribution in [1.29, 1.82) is 0 Å². The molecule has 0 N–H and O–H groups in total. The molecule has 1 fully saturated rings. The van der Waals surface area contributed by atoms with Crippen LogP contribution in [0.25, 0.3) is 0 Å². The molecule has 0 saturated carbocycles. The van der Waals surface area contributed by atoms with Crippen LogP contribution < -0.4 is 0 Å². The van der Waals surface area contributed by atoms with E-state index < -0.39 is 6.04 Å². The number of rotatable bonds is 3. The molecule has 3 aliphatic heterocycles. The minimum absolute atomic E-state index is 0.0600. The van der Waals surface area contributed by atoms with E-state index >= 15 is 0 Å². The summed E-state index contributed by atoms with van der Waals surface area (Å²) in [7, 11) is 1.64. The van der Waals surface area contributed by atoms with Crippen molar-refractivity contribution < 1.29 is 14.2 Å². The third-order valence-electron chi connectivity index (χ3n) is 4.47. The highest BCUT2D eigenvalue weighted by Crippen LogP contribution is 2.25. The highest BCUT2D eigenvalue weighted by atomic mass is 16.2. The molecule has 23 heavy (non-hydrogen) atoms. The van der Waals surface area contributed by atoms with E-state index in [0.29, 0.717) is 18.3 Å². The lowest BCUT2D eigenvalue weighted by atomic mass is 10.1. The molecular formula is C15H21N6O2+. The number of carbonyl (C=O) groups excluding carboxylic acids is 2. The molecule has 0 aromatic heterocycles. The maximum atomic E-state index is 12.9. The number of nitrogens with zero attached hydrogens (tertiary/aromatic N) is 6. The van der Waals surface area contributed by atoms with Crippen LogP contribution in [0.3, 0.4) is 0 Å². The van der Waals surface area contributed by atoms with Gasteiger partial charge >= 0.3 is 12.0 Å². The number of hydrogen-bond donors (Lipinski definition) is 0. The van der Waals surface area contributed by atoms with Gasteiger partial charge in [-0.2, -0.15) is 0 Å². The first-order chi connectivity index (χ1) is 10.9. The molecule has 0 aromatic carbocycles. The second-order valence-corrected chi connectivity index (χ2v) is 5.79. The van der Waals surface area contributed by atoms with Gasteiger partial charge in [-0.3, -0.25) is 14.6 Å². The first-order valence-corrected chi connectivity index (χ1v) is 7.68. The van der Waals surface area contributed by atoms with Crippen LogP contribution in [0.1, 0.15) is 20.8 Å². The summed E-state index contributed by atoms with van der Waals surface area (Å²) in [5, 5.41) is 6.29. The van der Waals surface area contributed by atoms with Gasteiger partial charge in [-0.15, -0.1) is 16.7 Å². The number of hydrazone groups is 1. The van der Waals surface area contributed by atoms with Crippen LogP contribution in [0.2, 0.25) is 0 Å². The van der Waals surface area contributed by atoms with Gasteiger partial charge in [0.1, 0.15) is 6.04 Å². The minimum atomic E-state index is -0.595. The molecule has 2 atom stereocenters. The molecule has 3 aliphatic rings. The lowest BCUT2D eigenvalue weighted by molar-refractivity contribution is -0.559. The Bertz CT molecular complexity index is 692. The van der Waals surface area contributed by atoms with Gasteiger partial charge in [-0.05, 0) is 20.8 Å². The molecule has 8 nitrogen and oxygen atoms in total. The van der Waals surface area contributed by atoms with Gasteiger partial charge in [0.2, 0.25) is 11.9 Å². The van der Waals surface area contributed by atoms with Crippen LogP contribution >= 0.6 is 0 Å². The van der Waals surface area contributed by atoms with Crippen LogP contribution in [0, 0.1) is 0 Å². The van der Waals surface area contributed by atoms with Crippen molar-refractivity contribution in [2.45, 2.75) is 32.9 Å². The van der Waals surface area contributed by atoms with Crippen LogP contribution in [0.4, 0.5) is 4.79 Å². The molecule has 0 aliphatic carbocycles. The van der Waals surface area contributed by atoms with Gasteiger partial charge in [0, 0.05) is 13.6 Å². The van der Waals surface area contributed by atoms with E-state index in [1.165, 1.54) is 9.80 Å². The van der Waals surface area contributed by atoms with Crippen molar-refractivity contribution in [3.05, 3.63) is 12.7 Å². The highest BCUT2D eigenvalue weighted by Gasteiger charge is 2.55. The maximum absolute atomic E-state index is 12.9. The number of carbonyl (C=O) groups is 2. The number of hydrogen-bond acceptors (Lipinski definition) is 5. The molecule has 0 bridgehead atoms. The summed E-state index contributed by atoms with van der Waals surface area (Å²) in [6.07, 6.45) is 1.55. The average Bonchev–Trinajstić information content (AvgIpc) is 2.94. The fraction of sp³-hybridized carbons (Fsp3) is 0.533. The SMILES string of the molecule is C=CCN1C(=O)C2C(=NC3=[N+]2C(C)C(C)=NN3CC)N(C)C1=O. The van der Waals surface area contributed by atoms with E-state index in [9.17, 15) is 9.59 Å². The standard InChI is InChI=1S/C15H21N6O2/c1-6-8-19-13(22)11-12(18(5)15(19)23)16-14-20(7-2)17-9(3)10(4)21(11)14/h6,10-11H,1,7-8H2,2-5H3/q+1. The normalized spacial score (nSPS) is 27.0. The quantitative estimate of drug-likeness (QED) is 0.556. The number of likely N-dealkylation sites (N-methyl/N-ethyl adjacent to an activating group) is 1. The number of urea groups is 1. The molecule has 8 heteroatoms. The second kappa shape index (κ2) is 5.29. The Balaban J connectivity index is 2.09. The summed E-state index contributed by atoms with van der Waals surface area (Å²) >= 11 is 0. The smallest absolute Gasteiger partial charge is 0.270 e. The first-order valence-electron chi connectivity index (χ1n) is 7.68. The zero-order valence-electron chi connectivity index (χ0n) is 13.9. The van der Waals surface area contributed by atoms with Crippen LogP contribution in [0.15, 0.2) is 22.7 Å². The number of fused-ring (bicyclic) bond motifs is 2. The first kappa shape index (κ1) is 15.4. The molecule has 3 amide bonds. The van der Waals surface area contributed by atoms with E-state index in [1.807, 2.05) is 25.3 Å². The maximum Gasteiger partial charge on any atom is 0.416 e. The fourth-order valence-electron chi connectivity index (χ4n) is 3.09. The molecule has 2 unspecified atom stereocenters. The fourth-order valence-corrected chi connectivity index (χ4v) is 3.09. The summed E-state index contributed by atoms with van der Waals surface area (Å²) in [5.41, 5.74) is 0.912. The Morgan fingerprint density at radius 2 is 2.09 bits per heavy atom. The molecule has 0 spiro atoms. The Morgan fingerprint density at radius 1 is 1.39 bits per heavy atom. The lowest BCUT2D eigenvalue weighted by Crippen LogP contribution is -2.64. The van der Waals surface area contributed by atoms with Gasteiger partial charge in [-0.25, -0.2) is 9.37 Å². The molecule has 1 saturated heterocycles. The van der Waals surface area contributed by atoms with Crippen molar-refractivity contribution in [2.24, 2.45) is 10.1 Å². The zero-order chi connectivity index (χ0) is 16.9. The van der Waals surface area contributed by atoms with E-state index in [4.69, 9.17) is 0 Å². The summed E-state index contributed by atoms with van der Waals surface area (Å²) < 4.78 is 1.95. The highest BCUT2D eigenvalue weighted by molar-refractivity contribution is 6.23. The molecule has 3 heterocycles. The number of imide groups is 1. The van der Waals surface area contributed by atoms with Crippen molar-refractivity contribution in [3.63, 3.8) is 0 Å². The van der Waals surface area contributed by atoms with Gasteiger partial charge in [0.25, 0.3) is 5.91 Å². The van der Waals surface area contributed by atoms with Crippen molar-refractivity contribution in [3.8, 4) is 0 Å². The van der Waals surface area contributed by atoms with Crippen molar-refractivity contribution >= 4 is 29.4 Å². The van der Waals surface area contributed by atoms with Gasteiger partial charge in [0.15, 0.2) is 0 Å². The Kier molecular flexibility index (Phi) is 3.54. The number of amides is 3. The number of aliphatic imine (C=N–C) groups is 1. The van der Waals surface area contributed by atoms with Gasteiger partial charge in [-0.1, -0.05) is 11.1 Å².